The Bertz CT molecular complexity index is 482. The Morgan fingerprint density at radius 2 is 2.16 bits per heavy atom. The van der Waals surface area contributed by atoms with Gasteiger partial charge in [-0.15, -0.1) is 0 Å². The zero-order valence-electron chi connectivity index (χ0n) is 11.9. The van der Waals surface area contributed by atoms with Gasteiger partial charge >= 0.3 is 0 Å². The molecular weight excluding hydrogens is 238 g/mol. The van der Waals surface area contributed by atoms with Gasteiger partial charge in [0.1, 0.15) is 0 Å². The molecule has 1 aromatic rings. The van der Waals surface area contributed by atoms with E-state index in [1.165, 1.54) is 6.42 Å². The summed E-state index contributed by atoms with van der Waals surface area (Å²) >= 11 is 0. The van der Waals surface area contributed by atoms with Gasteiger partial charge in [0, 0.05) is 6.04 Å². The molecule has 0 aromatic heterocycles. The Morgan fingerprint density at radius 3 is 2.74 bits per heavy atom. The number of carbonyl (C=O) groups is 1. The van der Waals surface area contributed by atoms with Crippen LogP contribution in [-0.2, 0) is 0 Å². The largest absolute Gasteiger partial charge is 0.349 e. The Balaban J connectivity index is 2.18. The van der Waals surface area contributed by atoms with Crippen LogP contribution in [-0.4, -0.2) is 11.9 Å². The van der Waals surface area contributed by atoms with Crippen LogP contribution in [0.5, 0.6) is 0 Å². The molecular formula is C15H23N3O. The highest BCUT2D eigenvalue weighted by Gasteiger charge is 2.35. The van der Waals surface area contributed by atoms with Crippen LogP contribution < -0.4 is 16.6 Å². The fourth-order valence-corrected chi connectivity index (χ4v) is 2.80. The van der Waals surface area contributed by atoms with Crippen molar-refractivity contribution in [2.75, 3.05) is 5.43 Å². The number of nitrogens with two attached hydrogens (primary N) is 1. The molecule has 1 unspecified atom stereocenters. The lowest BCUT2D eigenvalue weighted by Crippen LogP contribution is -2.41. The van der Waals surface area contributed by atoms with Gasteiger partial charge in [0.25, 0.3) is 5.91 Å². The van der Waals surface area contributed by atoms with Gasteiger partial charge in [-0.1, -0.05) is 31.9 Å². The summed E-state index contributed by atoms with van der Waals surface area (Å²) in [6.07, 6.45) is 3.39. The SMILES string of the molecule is Cc1ccc(NN)c(C(=O)NC2CCCC2(C)C)c1. The van der Waals surface area contributed by atoms with E-state index in [2.05, 4.69) is 24.6 Å². The number of rotatable bonds is 3. The number of benzene rings is 1. The molecule has 0 bridgehead atoms. The molecule has 2 rings (SSSR count). The molecule has 0 aliphatic heterocycles. The van der Waals surface area contributed by atoms with Gasteiger partial charge in [0.05, 0.1) is 11.3 Å². The van der Waals surface area contributed by atoms with Crippen molar-refractivity contribution in [3.63, 3.8) is 0 Å². The predicted octanol–water partition coefficient (Wildman–Crippen LogP) is 2.59. The van der Waals surface area contributed by atoms with E-state index >= 15 is 0 Å². The third-order valence-electron chi connectivity index (χ3n) is 4.14. The molecule has 4 heteroatoms. The van der Waals surface area contributed by atoms with Crippen LogP contribution in [0.2, 0.25) is 0 Å². The maximum absolute atomic E-state index is 12.4. The Labute approximate surface area is 114 Å². The standard InChI is InChI=1S/C15H23N3O/c1-10-6-7-12(18-16)11(9-10)14(19)17-13-5-4-8-15(13,2)3/h6-7,9,13,18H,4-5,8,16H2,1-3H3,(H,17,19). The van der Waals surface area contributed by atoms with Crippen molar-refractivity contribution in [2.45, 2.75) is 46.1 Å². The third-order valence-corrected chi connectivity index (χ3v) is 4.14. The first kappa shape index (κ1) is 13.9. The van der Waals surface area contributed by atoms with Crippen LogP contribution in [0.15, 0.2) is 18.2 Å². The van der Waals surface area contributed by atoms with Gasteiger partial charge in [-0.3, -0.25) is 10.6 Å². The lowest BCUT2D eigenvalue weighted by atomic mass is 9.87. The molecule has 0 saturated heterocycles. The first-order valence-electron chi connectivity index (χ1n) is 6.82. The number of carbonyl (C=O) groups excluding carboxylic acids is 1. The van der Waals surface area contributed by atoms with Crippen LogP contribution in [0.1, 0.15) is 49.0 Å². The van der Waals surface area contributed by atoms with E-state index in [1.54, 1.807) is 0 Å². The Kier molecular flexibility index (Phi) is 3.80. The third kappa shape index (κ3) is 2.89. The predicted molar refractivity (Wildman–Crippen MR) is 77.9 cm³/mol. The van der Waals surface area contributed by atoms with Crippen LogP contribution in [0.3, 0.4) is 0 Å². The lowest BCUT2D eigenvalue weighted by Gasteiger charge is -2.28. The lowest BCUT2D eigenvalue weighted by molar-refractivity contribution is 0.0910. The zero-order valence-corrected chi connectivity index (χ0v) is 11.9. The molecule has 0 spiro atoms. The van der Waals surface area contributed by atoms with E-state index in [4.69, 9.17) is 5.84 Å². The van der Waals surface area contributed by atoms with Gasteiger partial charge in [0.15, 0.2) is 0 Å². The van der Waals surface area contributed by atoms with E-state index in [-0.39, 0.29) is 17.4 Å². The zero-order chi connectivity index (χ0) is 14.0. The minimum Gasteiger partial charge on any atom is -0.349 e. The topological polar surface area (TPSA) is 67.1 Å². The molecule has 1 amide bonds. The monoisotopic (exact) mass is 261 g/mol. The molecule has 1 saturated carbocycles. The summed E-state index contributed by atoms with van der Waals surface area (Å²) in [4.78, 5) is 12.4. The normalized spacial score (nSPS) is 21.2. The van der Waals surface area contributed by atoms with E-state index in [1.807, 2.05) is 25.1 Å². The molecule has 4 N–H and O–H groups in total. The van der Waals surface area contributed by atoms with Gasteiger partial charge in [-0.05, 0) is 37.3 Å². The number of nitrogens with one attached hydrogen (secondary N) is 2. The summed E-state index contributed by atoms with van der Waals surface area (Å²) in [7, 11) is 0. The van der Waals surface area contributed by atoms with Crippen LogP contribution >= 0.6 is 0 Å². The molecule has 104 valence electrons. The molecule has 0 heterocycles. The molecule has 1 aliphatic rings. The minimum atomic E-state index is -0.0448. The minimum absolute atomic E-state index is 0.0448. The highest BCUT2D eigenvalue weighted by atomic mass is 16.1. The fourth-order valence-electron chi connectivity index (χ4n) is 2.80. The molecule has 1 aliphatic carbocycles. The molecule has 4 nitrogen and oxygen atoms in total. The summed E-state index contributed by atoms with van der Waals surface area (Å²) in [5, 5.41) is 3.15. The number of nitrogen functional groups attached to an aromatic ring is 1. The number of hydrogen-bond acceptors (Lipinski definition) is 3. The van der Waals surface area contributed by atoms with Crippen molar-refractivity contribution >= 4 is 11.6 Å². The van der Waals surface area contributed by atoms with Gasteiger partial charge < -0.3 is 10.7 Å². The second-order valence-electron chi connectivity index (χ2n) is 6.10. The summed E-state index contributed by atoms with van der Waals surface area (Å²) in [6.45, 7) is 6.39. The molecule has 19 heavy (non-hydrogen) atoms. The van der Waals surface area contributed by atoms with Crippen LogP contribution in [0.4, 0.5) is 5.69 Å². The summed E-state index contributed by atoms with van der Waals surface area (Å²) < 4.78 is 0. The smallest absolute Gasteiger partial charge is 0.253 e. The first-order chi connectivity index (χ1) is 8.94. The number of amides is 1. The second kappa shape index (κ2) is 5.21. The van der Waals surface area contributed by atoms with Crippen molar-refractivity contribution in [3.05, 3.63) is 29.3 Å². The van der Waals surface area contributed by atoms with Gasteiger partial charge in [-0.25, -0.2) is 0 Å². The van der Waals surface area contributed by atoms with Gasteiger partial charge in [-0.2, -0.15) is 0 Å². The van der Waals surface area contributed by atoms with E-state index in [0.29, 0.717) is 11.3 Å². The fraction of sp³-hybridized carbons (Fsp3) is 0.533. The quantitative estimate of drug-likeness (QED) is 0.578. The van der Waals surface area contributed by atoms with Crippen molar-refractivity contribution in [2.24, 2.45) is 11.3 Å². The van der Waals surface area contributed by atoms with Crippen molar-refractivity contribution in [3.8, 4) is 0 Å². The van der Waals surface area contributed by atoms with E-state index in [0.717, 1.165) is 18.4 Å². The van der Waals surface area contributed by atoms with Crippen LogP contribution in [0, 0.1) is 12.3 Å². The molecule has 1 atom stereocenters. The Morgan fingerprint density at radius 1 is 1.42 bits per heavy atom. The summed E-state index contributed by atoms with van der Waals surface area (Å²) in [5.41, 5.74) is 5.10. The average molecular weight is 261 g/mol. The summed E-state index contributed by atoms with van der Waals surface area (Å²) in [5.74, 6) is 5.43. The molecule has 1 fully saturated rings. The number of anilines is 1. The second-order valence-corrected chi connectivity index (χ2v) is 6.10. The summed E-state index contributed by atoms with van der Waals surface area (Å²) in [6, 6.07) is 5.88. The van der Waals surface area contributed by atoms with Crippen molar-refractivity contribution in [1.82, 2.24) is 5.32 Å². The highest BCUT2D eigenvalue weighted by Crippen LogP contribution is 2.37. The van der Waals surface area contributed by atoms with E-state index < -0.39 is 0 Å². The maximum atomic E-state index is 12.4. The molecule has 1 aromatic carbocycles. The van der Waals surface area contributed by atoms with Gasteiger partial charge in [0.2, 0.25) is 0 Å². The first-order valence-corrected chi connectivity index (χ1v) is 6.82. The highest BCUT2D eigenvalue weighted by molar-refractivity contribution is 6.00. The number of hydrazine groups is 1. The van der Waals surface area contributed by atoms with Crippen LogP contribution in [0.25, 0.3) is 0 Å². The number of hydrogen-bond donors (Lipinski definition) is 3. The van der Waals surface area contributed by atoms with Crippen molar-refractivity contribution < 1.29 is 4.79 Å². The van der Waals surface area contributed by atoms with E-state index in [9.17, 15) is 4.79 Å². The number of aryl methyl sites for hydroxylation is 1. The average Bonchev–Trinajstić information content (AvgIpc) is 2.68. The van der Waals surface area contributed by atoms with Crippen molar-refractivity contribution in [1.29, 1.82) is 0 Å². The Hall–Kier alpha value is -1.55. The maximum Gasteiger partial charge on any atom is 0.253 e. The molecule has 0 radical (unpaired) electrons.